The standard InChI is InChI=1S/C24H35N5O5/c1-16(2)15-29-22(25)21(23(31)27-24(29)32)28(12-13-33-3)20(30)14-26-18-10-6-7-11-19(18)34-17-8-4-5-9-17/h6-7,10-11,16-17,26H,4-5,8-9,12-15,25H2,1-3H3,(H,27,31,32). The number of para-hydroxylation sites is 2. The van der Waals surface area contributed by atoms with Crippen molar-refractivity contribution in [1.29, 1.82) is 0 Å². The number of hydrogen-bond donors (Lipinski definition) is 3. The number of amides is 1. The highest BCUT2D eigenvalue weighted by atomic mass is 16.5. The summed E-state index contributed by atoms with van der Waals surface area (Å²) in [5.74, 6) is 0.366. The van der Waals surface area contributed by atoms with Crippen molar-refractivity contribution < 1.29 is 14.3 Å². The Bertz CT molecular complexity index is 1090. The Labute approximate surface area is 199 Å². The number of nitrogens with zero attached hydrogens (tertiary/aromatic N) is 2. The Morgan fingerprint density at radius 1 is 1.26 bits per heavy atom. The quantitative estimate of drug-likeness (QED) is 0.456. The maximum atomic E-state index is 13.3. The molecule has 1 heterocycles. The van der Waals surface area contributed by atoms with Crippen molar-refractivity contribution in [1.82, 2.24) is 9.55 Å². The number of hydrogen-bond acceptors (Lipinski definition) is 7. The van der Waals surface area contributed by atoms with Gasteiger partial charge in [-0.15, -0.1) is 0 Å². The van der Waals surface area contributed by atoms with Crippen LogP contribution in [0.5, 0.6) is 5.75 Å². The van der Waals surface area contributed by atoms with Gasteiger partial charge in [-0.2, -0.15) is 0 Å². The van der Waals surface area contributed by atoms with Gasteiger partial charge in [0.1, 0.15) is 11.6 Å². The molecule has 1 aromatic heterocycles. The van der Waals surface area contributed by atoms with Crippen LogP contribution in [-0.2, 0) is 16.1 Å². The summed E-state index contributed by atoms with van der Waals surface area (Å²) in [5, 5.41) is 3.13. The fraction of sp³-hybridized carbons (Fsp3) is 0.542. The summed E-state index contributed by atoms with van der Waals surface area (Å²) in [6, 6.07) is 7.47. The zero-order valence-corrected chi connectivity index (χ0v) is 20.1. The molecule has 1 amide bonds. The van der Waals surface area contributed by atoms with E-state index in [9.17, 15) is 14.4 Å². The van der Waals surface area contributed by atoms with E-state index in [4.69, 9.17) is 15.2 Å². The predicted molar refractivity (Wildman–Crippen MR) is 133 cm³/mol. The van der Waals surface area contributed by atoms with Crippen molar-refractivity contribution in [3.8, 4) is 5.75 Å². The SMILES string of the molecule is COCCN(C(=O)CNc1ccccc1OC1CCCC1)c1c(N)n(CC(C)C)c(=O)[nH]c1=O. The average molecular weight is 474 g/mol. The first-order valence-electron chi connectivity index (χ1n) is 11.7. The predicted octanol–water partition coefficient (Wildman–Crippen LogP) is 2.19. The molecule has 3 rings (SSSR count). The number of nitrogens with two attached hydrogens (primary N) is 1. The van der Waals surface area contributed by atoms with Gasteiger partial charge in [0.15, 0.2) is 5.69 Å². The molecule has 0 spiro atoms. The highest BCUT2D eigenvalue weighted by molar-refractivity contribution is 5.98. The number of nitrogens with one attached hydrogen (secondary N) is 2. The molecular weight excluding hydrogens is 438 g/mol. The van der Waals surface area contributed by atoms with E-state index in [2.05, 4.69) is 10.3 Å². The number of benzene rings is 1. The minimum absolute atomic E-state index is 0.0446. The highest BCUT2D eigenvalue weighted by Gasteiger charge is 2.25. The molecule has 2 aromatic rings. The van der Waals surface area contributed by atoms with Crippen LogP contribution in [0.15, 0.2) is 33.9 Å². The molecule has 0 aliphatic heterocycles. The number of aromatic amines is 1. The van der Waals surface area contributed by atoms with Gasteiger partial charge in [0.05, 0.1) is 24.9 Å². The smallest absolute Gasteiger partial charge is 0.330 e. The molecule has 4 N–H and O–H groups in total. The van der Waals surface area contributed by atoms with E-state index in [1.165, 1.54) is 16.6 Å². The molecular formula is C24H35N5O5. The number of nitrogen functional groups attached to an aromatic ring is 1. The molecule has 186 valence electrons. The van der Waals surface area contributed by atoms with Crippen LogP contribution in [-0.4, -0.2) is 48.4 Å². The second kappa shape index (κ2) is 11.7. The van der Waals surface area contributed by atoms with Crippen molar-refractivity contribution in [3.63, 3.8) is 0 Å². The van der Waals surface area contributed by atoms with Gasteiger partial charge >= 0.3 is 5.69 Å². The lowest BCUT2D eigenvalue weighted by Crippen LogP contribution is -2.44. The van der Waals surface area contributed by atoms with Crippen LogP contribution in [0.2, 0.25) is 0 Å². The first-order chi connectivity index (χ1) is 16.3. The normalized spacial score (nSPS) is 13.9. The van der Waals surface area contributed by atoms with Gasteiger partial charge in [0.2, 0.25) is 5.91 Å². The van der Waals surface area contributed by atoms with Gasteiger partial charge in [-0.25, -0.2) is 4.79 Å². The number of anilines is 3. The summed E-state index contributed by atoms with van der Waals surface area (Å²) in [5.41, 5.74) is 5.56. The molecule has 34 heavy (non-hydrogen) atoms. The molecule has 0 bridgehead atoms. The van der Waals surface area contributed by atoms with Crippen molar-refractivity contribution in [2.45, 2.75) is 52.2 Å². The Balaban J connectivity index is 1.84. The molecule has 1 fully saturated rings. The first-order valence-corrected chi connectivity index (χ1v) is 11.7. The van der Waals surface area contributed by atoms with Crippen LogP contribution >= 0.6 is 0 Å². The zero-order chi connectivity index (χ0) is 24.7. The second-order valence-electron chi connectivity index (χ2n) is 8.91. The lowest BCUT2D eigenvalue weighted by Gasteiger charge is -2.25. The van der Waals surface area contributed by atoms with Gasteiger partial charge < -0.3 is 25.4 Å². The first kappa shape index (κ1) is 25.4. The number of rotatable bonds is 11. The number of ether oxygens (including phenoxy) is 2. The fourth-order valence-electron chi connectivity index (χ4n) is 4.10. The number of H-pyrrole nitrogens is 1. The molecule has 0 radical (unpaired) electrons. The highest BCUT2D eigenvalue weighted by Crippen LogP contribution is 2.29. The van der Waals surface area contributed by atoms with Gasteiger partial charge in [-0.3, -0.25) is 19.1 Å². The lowest BCUT2D eigenvalue weighted by molar-refractivity contribution is -0.117. The third-order valence-corrected chi connectivity index (χ3v) is 5.76. The van der Waals surface area contributed by atoms with Crippen molar-refractivity contribution in [2.24, 2.45) is 5.92 Å². The van der Waals surface area contributed by atoms with Crippen LogP contribution in [0, 0.1) is 5.92 Å². The van der Waals surface area contributed by atoms with Crippen LogP contribution in [0.3, 0.4) is 0 Å². The maximum absolute atomic E-state index is 13.3. The zero-order valence-electron chi connectivity index (χ0n) is 20.1. The monoisotopic (exact) mass is 473 g/mol. The lowest BCUT2D eigenvalue weighted by atomic mass is 10.2. The van der Waals surface area contributed by atoms with Gasteiger partial charge in [0, 0.05) is 20.2 Å². The Morgan fingerprint density at radius 2 is 1.97 bits per heavy atom. The van der Waals surface area contributed by atoms with Crippen LogP contribution < -0.4 is 31.9 Å². The van der Waals surface area contributed by atoms with E-state index in [0.29, 0.717) is 18.0 Å². The Hall–Kier alpha value is -3.27. The van der Waals surface area contributed by atoms with Crippen molar-refractivity contribution >= 4 is 23.1 Å². The minimum Gasteiger partial charge on any atom is -0.488 e. The third kappa shape index (κ3) is 6.19. The van der Waals surface area contributed by atoms with Gasteiger partial charge in [0.25, 0.3) is 5.56 Å². The van der Waals surface area contributed by atoms with Crippen LogP contribution in [0.1, 0.15) is 39.5 Å². The average Bonchev–Trinajstić information content (AvgIpc) is 3.31. The number of carbonyl (C=O) groups is 1. The van der Waals surface area contributed by atoms with Crippen molar-refractivity contribution in [3.05, 3.63) is 45.1 Å². The van der Waals surface area contributed by atoms with Crippen LogP contribution in [0.25, 0.3) is 0 Å². The molecule has 1 aromatic carbocycles. The van der Waals surface area contributed by atoms with E-state index < -0.39 is 11.2 Å². The molecule has 1 aliphatic rings. The Morgan fingerprint density at radius 3 is 2.65 bits per heavy atom. The van der Waals surface area contributed by atoms with Crippen LogP contribution in [0.4, 0.5) is 17.2 Å². The number of methoxy groups -OCH3 is 1. The topological polar surface area (TPSA) is 132 Å². The van der Waals surface area contributed by atoms with E-state index in [1.807, 2.05) is 38.1 Å². The van der Waals surface area contributed by atoms with Gasteiger partial charge in [-0.1, -0.05) is 26.0 Å². The second-order valence-corrected chi connectivity index (χ2v) is 8.91. The minimum atomic E-state index is -0.711. The molecule has 0 atom stereocenters. The molecule has 1 saturated carbocycles. The maximum Gasteiger partial charge on any atom is 0.330 e. The summed E-state index contributed by atoms with van der Waals surface area (Å²) in [7, 11) is 1.50. The molecule has 1 aliphatic carbocycles. The Kier molecular flexibility index (Phi) is 8.75. The summed E-state index contributed by atoms with van der Waals surface area (Å²) >= 11 is 0. The summed E-state index contributed by atoms with van der Waals surface area (Å²) in [6.07, 6.45) is 4.53. The number of carbonyl (C=O) groups excluding carboxylic acids is 1. The summed E-state index contributed by atoms with van der Waals surface area (Å²) in [4.78, 5) is 41.8. The summed E-state index contributed by atoms with van der Waals surface area (Å²) < 4.78 is 12.6. The molecule has 10 heteroatoms. The molecule has 0 saturated heterocycles. The fourth-order valence-corrected chi connectivity index (χ4v) is 4.10. The van der Waals surface area contributed by atoms with E-state index in [-0.39, 0.29) is 49.1 Å². The van der Waals surface area contributed by atoms with E-state index in [0.717, 1.165) is 25.7 Å². The number of aromatic nitrogens is 2. The molecule has 0 unspecified atom stereocenters. The summed E-state index contributed by atoms with van der Waals surface area (Å²) in [6.45, 7) is 4.36. The molecule has 10 nitrogen and oxygen atoms in total. The van der Waals surface area contributed by atoms with E-state index >= 15 is 0 Å². The third-order valence-electron chi connectivity index (χ3n) is 5.76. The van der Waals surface area contributed by atoms with Gasteiger partial charge in [-0.05, 0) is 43.7 Å². The van der Waals surface area contributed by atoms with Crippen molar-refractivity contribution in [2.75, 3.05) is 42.8 Å². The largest absolute Gasteiger partial charge is 0.488 e. The van der Waals surface area contributed by atoms with E-state index in [1.54, 1.807) is 0 Å².